The average Bonchev–Trinajstić information content (AvgIpc) is 2.70. The standard InChI is InChI=1S/C21H20ClN3O3/c1-28-19-6-3-2-5-18(19)23-20(26)7-4-14-25-21(27)13-12-17(24-25)15-8-10-16(22)11-9-15/h2-3,5-6,8-13H,4,7,14H2,1H3,(H,23,26). The number of nitrogens with zero attached hydrogens (tertiary/aromatic N) is 2. The number of rotatable bonds is 7. The Morgan fingerprint density at radius 3 is 2.61 bits per heavy atom. The van der Waals surface area contributed by atoms with Crippen molar-refractivity contribution in [1.29, 1.82) is 0 Å². The summed E-state index contributed by atoms with van der Waals surface area (Å²) in [6.45, 7) is 0.347. The van der Waals surface area contributed by atoms with Gasteiger partial charge in [-0.15, -0.1) is 0 Å². The fourth-order valence-electron chi connectivity index (χ4n) is 2.73. The third-order valence-electron chi connectivity index (χ3n) is 4.16. The van der Waals surface area contributed by atoms with E-state index >= 15 is 0 Å². The van der Waals surface area contributed by atoms with Gasteiger partial charge in [-0.3, -0.25) is 9.59 Å². The first-order valence-corrected chi connectivity index (χ1v) is 9.21. The van der Waals surface area contributed by atoms with Gasteiger partial charge in [0.15, 0.2) is 0 Å². The zero-order valence-corrected chi connectivity index (χ0v) is 16.1. The van der Waals surface area contributed by atoms with Crippen molar-refractivity contribution in [3.05, 3.63) is 76.0 Å². The van der Waals surface area contributed by atoms with Crippen molar-refractivity contribution < 1.29 is 9.53 Å². The highest BCUT2D eigenvalue weighted by Crippen LogP contribution is 2.23. The lowest BCUT2D eigenvalue weighted by Crippen LogP contribution is -2.23. The van der Waals surface area contributed by atoms with Crippen LogP contribution in [0, 0.1) is 0 Å². The van der Waals surface area contributed by atoms with Crippen molar-refractivity contribution in [3.63, 3.8) is 0 Å². The molecule has 0 saturated carbocycles. The fourth-order valence-corrected chi connectivity index (χ4v) is 2.86. The number of para-hydroxylation sites is 2. The number of benzene rings is 2. The zero-order chi connectivity index (χ0) is 19.9. The summed E-state index contributed by atoms with van der Waals surface area (Å²) in [5.74, 6) is 0.454. The van der Waals surface area contributed by atoms with Crippen molar-refractivity contribution in [2.75, 3.05) is 12.4 Å². The molecule has 2 aromatic carbocycles. The molecule has 144 valence electrons. The van der Waals surface area contributed by atoms with Gasteiger partial charge < -0.3 is 10.1 Å². The molecule has 0 fully saturated rings. The van der Waals surface area contributed by atoms with E-state index in [4.69, 9.17) is 16.3 Å². The zero-order valence-electron chi connectivity index (χ0n) is 15.4. The average molecular weight is 398 g/mol. The Bertz CT molecular complexity index is 1020. The maximum Gasteiger partial charge on any atom is 0.266 e. The number of halogens is 1. The van der Waals surface area contributed by atoms with E-state index < -0.39 is 0 Å². The summed E-state index contributed by atoms with van der Waals surface area (Å²) in [4.78, 5) is 24.3. The maximum atomic E-state index is 12.2. The lowest BCUT2D eigenvalue weighted by molar-refractivity contribution is -0.116. The highest BCUT2D eigenvalue weighted by molar-refractivity contribution is 6.30. The monoisotopic (exact) mass is 397 g/mol. The minimum Gasteiger partial charge on any atom is -0.495 e. The van der Waals surface area contributed by atoms with Crippen LogP contribution in [0.3, 0.4) is 0 Å². The number of hydrogen-bond acceptors (Lipinski definition) is 4. The predicted octanol–water partition coefficient (Wildman–Crippen LogP) is 3.99. The quantitative estimate of drug-likeness (QED) is 0.654. The second-order valence-corrected chi connectivity index (χ2v) is 6.58. The van der Waals surface area contributed by atoms with Gasteiger partial charge in [-0.2, -0.15) is 5.10 Å². The Kier molecular flexibility index (Phi) is 6.45. The number of aryl methyl sites for hydroxylation is 1. The molecule has 0 bridgehead atoms. The fraction of sp³-hybridized carbons (Fsp3) is 0.190. The van der Waals surface area contributed by atoms with Gasteiger partial charge in [0.2, 0.25) is 5.91 Å². The molecule has 0 saturated heterocycles. The molecule has 6 nitrogen and oxygen atoms in total. The van der Waals surface area contributed by atoms with E-state index in [0.29, 0.717) is 35.1 Å². The largest absolute Gasteiger partial charge is 0.495 e. The molecule has 28 heavy (non-hydrogen) atoms. The van der Waals surface area contributed by atoms with E-state index in [2.05, 4.69) is 10.4 Å². The van der Waals surface area contributed by atoms with Crippen LogP contribution in [0.15, 0.2) is 65.5 Å². The lowest BCUT2D eigenvalue weighted by Gasteiger charge is -2.10. The van der Waals surface area contributed by atoms with Gasteiger partial charge >= 0.3 is 0 Å². The van der Waals surface area contributed by atoms with Crippen LogP contribution in [0.5, 0.6) is 5.75 Å². The molecule has 0 aliphatic carbocycles. The molecule has 1 amide bonds. The Balaban J connectivity index is 1.61. The molecule has 3 aromatic rings. The van der Waals surface area contributed by atoms with Crippen molar-refractivity contribution in [2.45, 2.75) is 19.4 Å². The van der Waals surface area contributed by atoms with Crippen LogP contribution in [-0.4, -0.2) is 22.8 Å². The van der Waals surface area contributed by atoms with Crippen molar-refractivity contribution in [1.82, 2.24) is 9.78 Å². The number of nitrogens with one attached hydrogen (secondary N) is 1. The molecule has 7 heteroatoms. The second-order valence-electron chi connectivity index (χ2n) is 6.14. The van der Waals surface area contributed by atoms with Crippen LogP contribution >= 0.6 is 11.6 Å². The Labute approximate surface area is 167 Å². The molecular formula is C21H20ClN3O3. The molecule has 3 rings (SSSR count). The summed E-state index contributed by atoms with van der Waals surface area (Å²) < 4.78 is 6.60. The molecule has 0 aliphatic rings. The summed E-state index contributed by atoms with van der Waals surface area (Å²) in [6.07, 6.45) is 0.745. The first-order chi connectivity index (χ1) is 13.6. The van der Waals surface area contributed by atoms with E-state index in [1.54, 1.807) is 37.4 Å². The number of aromatic nitrogens is 2. The van der Waals surface area contributed by atoms with Gasteiger partial charge in [0.05, 0.1) is 18.5 Å². The van der Waals surface area contributed by atoms with Crippen LogP contribution in [0.2, 0.25) is 5.02 Å². The molecular weight excluding hydrogens is 378 g/mol. The van der Waals surface area contributed by atoms with Gasteiger partial charge in [0.25, 0.3) is 5.56 Å². The van der Waals surface area contributed by atoms with Gasteiger partial charge in [-0.1, -0.05) is 35.9 Å². The van der Waals surface area contributed by atoms with E-state index in [1.807, 2.05) is 24.3 Å². The first-order valence-electron chi connectivity index (χ1n) is 8.84. The third kappa shape index (κ3) is 4.98. The minimum atomic E-state index is -0.206. The van der Waals surface area contributed by atoms with Crippen LogP contribution in [0.1, 0.15) is 12.8 Å². The summed E-state index contributed by atoms with van der Waals surface area (Å²) in [5.41, 5.74) is 1.96. The molecule has 0 spiro atoms. The molecule has 0 radical (unpaired) electrons. The smallest absolute Gasteiger partial charge is 0.266 e. The second kappa shape index (κ2) is 9.19. The summed E-state index contributed by atoms with van der Waals surface area (Å²) in [5, 5.41) is 7.85. The highest BCUT2D eigenvalue weighted by Gasteiger charge is 2.08. The van der Waals surface area contributed by atoms with Crippen molar-refractivity contribution >= 4 is 23.2 Å². The maximum absolute atomic E-state index is 12.2. The van der Waals surface area contributed by atoms with Gasteiger partial charge in [0, 0.05) is 29.6 Å². The Morgan fingerprint density at radius 1 is 1.11 bits per heavy atom. The molecule has 1 aromatic heterocycles. The Hall–Kier alpha value is -3.12. The number of amides is 1. The van der Waals surface area contributed by atoms with Crippen LogP contribution in [0.4, 0.5) is 5.69 Å². The SMILES string of the molecule is COc1ccccc1NC(=O)CCCn1nc(-c2ccc(Cl)cc2)ccc1=O. The summed E-state index contributed by atoms with van der Waals surface area (Å²) >= 11 is 5.91. The summed E-state index contributed by atoms with van der Waals surface area (Å²) in [6, 6.07) is 17.6. The van der Waals surface area contributed by atoms with Crippen molar-refractivity contribution in [2.24, 2.45) is 0 Å². The van der Waals surface area contributed by atoms with E-state index in [0.717, 1.165) is 5.56 Å². The van der Waals surface area contributed by atoms with Gasteiger partial charge in [-0.25, -0.2) is 4.68 Å². The van der Waals surface area contributed by atoms with E-state index in [9.17, 15) is 9.59 Å². The molecule has 0 aliphatic heterocycles. The van der Waals surface area contributed by atoms with Crippen LogP contribution in [-0.2, 0) is 11.3 Å². The third-order valence-corrected chi connectivity index (χ3v) is 4.41. The normalized spacial score (nSPS) is 10.5. The number of carbonyl (C=O) groups is 1. The minimum absolute atomic E-state index is 0.147. The predicted molar refractivity (Wildman–Crippen MR) is 110 cm³/mol. The molecule has 0 atom stereocenters. The molecule has 0 unspecified atom stereocenters. The molecule has 1 N–H and O–H groups in total. The number of hydrogen-bond donors (Lipinski definition) is 1. The van der Waals surface area contributed by atoms with Crippen LogP contribution < -0.4 is 15.6 Å². The number of ether oxygens (including phenoxy) is 1. The summed E-state index contributed by atoms with van der Waals surface area (Å²) in [7, 11) is 1.55. The van der Waals surface area contributed by atoms with Gasteiger partial charge in [0.1, 0.15) is 5.75 Å². The van der Waals surface area contributed by atoms with Crippen LogP contribution in [0.25, 0.3) is 11.3 Å². The first kappa shape index (κ1) is 19.6. The van der Waals surface area contributed by atoms with Gasteiger partial charge in [-0.05, 0) is 36.8 Å². The number of methoxy groups -OCH3 is 1. The molecule has 1 heterocycles. The lowest BCUT2D eigenvalue weighted by atomic mass is 10.1. The van der Waals surface area contributed by atoms with Crippen molar-refractivity contribution in [3.8, 4) is 17.0 Å². The Morgan fingerprint density at radius 2 is 1.86 bits per heavy atom. The van der Waals surface area contributed by atoms with E-state index in [-0.39, 0.29) is 17.9 Å². The topological polar surface area (TPSA) is 73.2 Å². The number of carbonyl (C=O) groups excluding carboxylic acids is 1. The highest BCUT2D eigenvalue weighted by atomic mass is 35.5. The van der Waals surface area contributed by atoms with E-state index in [1.165, 1.54) is 10.7 Å². The number of anilines is 1.